The third-order valence-corrected chi connectivity index (χ3v) is 12.2. The molecule has 0 bridgehead atoms. The lowest BCUT2D eigenvalue weighted by Crippen LogP contribution is -2.62. The minimum atomic E-state index is -1.42. The summed E-state index contributed by atoms with van der Waals surface area (Å²) >= 11 is 0. The van der Waals surface area contributed by atoms with Gasteiger partial charge in [0.2, 0.25) is 11.8 Å². The number of aliphatic hydroxyl groups is 1. The normalized spacial score (nSPS) is 24.1. The number of H-pyrrole nitrogens is 1. The van der Waals surface area contributed by atoms with Crippen molar-refractivity contribution in [2.45, 2.75) is 181 Å². The second-order valence-electron chi connectivity index (χ2n) is 17.5. The predicted molar refractivity (Wildman–Crippen MR) is 202 cm³/mol. The van der Waals surface area contributed by atoms with Crippen LogP contribution in [0.25, 0.3) is 0 Å². The maximum atomic E-state index is 14.9. The number of Topliss-reactive ketones (excluding diaryl/α,β-unsaturated/α-hetero) is 1. The van der Waals surface area contributed by atoms with Crippen LogP contribution in [0, 0.1) is 31.1 Å². The lowest BCUT2D eigenvalue weighted by molar-refractivity contribution is -0.148. The van der Waals surface area contributed by atoms with E-state index < -0.39 is 59.4 Å². The highest BCUT2D eigenvalue weighted by molar-refractivity contribution is 6.06. The minimum Gasteiger partial charge on any atom is -0.447 e. The van der Waals surface area contributed by atoms with Crippen molar-refractivity contribution in [2.75, 3.05) is 0 Å². The van der Waals surface area contributed by atoms with Crippen molar-refractivity contribution in [3.8, 4) is 0 Å². The molecule has 3 saturated carbocycles. The summed E-state index contributed by atoms with van der Waals surface area (Å²) in [6.45, 7) is 12.4. The maximum Gasteiger partial charge on any atom is 0.356 e. The number of ether oxygens (including phenoxy) is 1. The predicted octanol–water partition coefficient (Wildman–Crippen LogP) is 4.55. The molecule has 7 atom stereocenters. The molecule has 4 amide bonds. The first kappa shape index (κ1) is 41.4. The lowest BCUT2D eigenvalue weighted by atomic mass is 9.82. The Labute approximate surface area is 319 Å². The number of aryl methyl sites for hydroxylation is 1. The number of carbonyl (C=O) groups excluding carboxylic acids is 6. The summed E-state index contributed by atoms with van der Waals surface area (Å²) in [6.07, 6.45) is 8.17. The molecule has 54 heavy (non-hydrogen) atoms. The summed E-state index contributed by atoms with van der Waals surface area (Å²) in [5.74, 6) is -3.15. The second-order valence-corrected chi connectivity index (χ2v) is 17.5. The van der Waals surface area contributed by atoms with E-state index in [1.165, 1.54) is 6.92 Å². The van der Waals surface area contributed by atoms with E-state index in [1.54, 1.807) is 18.7 Å². The van der Waals surface area contributed by atoms with E-state index in [-0.39, 0.29) is 46.9 Å². The molecule has 0 spiro atoms. The highest BCUT2D eigenvalue weighted by Crippen LogP contribution is 2.41. The quantitative estimate of drug-likeness (QED) is 0.135. The highest BCUT2D eigenvalue weighted by Gasteiger charge is 2.51. The van der Waals surface area contributed by atoms with Crippen LogP contribution in [0.2, 0.25) is 0 Å². The minimum absolute atomic E-state index is 0.0142. The van der Waals surface area contributed by atoms with Gasteiger partial charge in [-0.2, -0.15) is 0 Å². The number of rotatable bonds is 14. The van der Waals surface area contributed by atoms with Crippen molar-refractivity contribution in [1.82, 2.24) is 25.8 Å². The Hall–Kier alpha value is -3.74. The zero-order valence-electron chi connectivity index (χ0n) is 33.3. The molecule has 3 aliphatic carbocycles. The molecular formula is C41H63N5O8. The number of ketones is 1. The van der Waals surface area contributed by atoms with Gasteiger partial charge in [0.05, 0.1) is 11.6 Å². The smallest absolute Gasteiger partial charge is 0.356 e. The van der Waals surface area contributed by atoms with Crippen LogP contribution < -0.4 is 16.0 Å². The Bertz CT molecular complexity index is 1570. The van der Waals surface area contributed by atoms with E-state index in [4.69, 9.17) is 4.74 Å². The molecule has 5 rings (SSSR count). The maximum absolute atomic E-state index is 14.9. The zero-order chi connectivity index (χ0) is 39.5. The fourth-order valence-electron chi connectivity index (χ4n) is 8.92. The molecule has 0 radical (unpaired) electrons. The Kier molecular flexibility index (Phi) is 13.3. The van der Waals surface area contributed by atoms with Crippen LogP contribution >= 0.6 is 0 Å². The highest BCUT2D eigenvalue weighted by atomic mass is 16.5. The zero-order valence-corrected chi connectivity index (χ0v) is 33.3. The number of amides is 4. The van der Waals surface area contributed by atoms with E-state index in [0.29, 0.717) is 43.4 Å². The molecule has 1 saturated heterocycles. The van der Waals surface area contributed by atoms with Gasteiger partial charge in [-0.25, -0.2) is 4.79 Å². The number of likely N-dealkylation sites (tertiary alicyclic amines) is 1. The van der Waals surface area contributed by atoms with E-state index in [0.717, 1.165) is 57.8 Å². The average molecular weight is 754 g/mol. The molecule has 300 valence electrons. The van der Waals surface area contributed by atoms with Crippen LogP contribution in [-0.2, 0) is 23.9 Å². The number of aromatic amines is 1. The Morgan fingerprint density at radius 1 is 0.907 bits per heavy atom. The monoisotopic (exact) mass is 753 g/mol. The van der Waals surface area contributed by atoms with Crippen LogP contribution in [0.5, 0.6) is 0 Å². The van der Waals surface area contributed by atoms with Gasteiger partial charge in [0.1, 0.15) is 17.8 Å². The number of aliphatic hydroxyl groups excluding tert-OH is 1. The van der Waals surface area contributed by atoms with E-state index in [2.05, 4.69) is 20.9 Å². The Balaban J connectivity index is 1.40. The molecule has 2 heterocycles. The fourth-order valence-corrected chi connectivity index (χ4v) is 8.92. The van der Waals surface area contributed by atoms with E-state index >= 15 is 0 Å². The van der Waals surface area contributed by atoms with Crippen molar-refractivity contribution in [2.24, 2.45) is 17.3 Å². The first-order chi connectivity index (χ1) is 25.5. The van der Waals surface area contributed by atoms with Gasteiger partial charge in [-0.3, -0.25) is 24.0 Å². The molecule has 0 aromatic carbocycles. The summed E-state index contributed by atoms with van der Waals surface area (Å²) in [4.78, 5) is 87.3. The molecule has 1 aliphatic heterocycles. The Morgan fingerprint density at radius 3 is 2.17 bits per heavy atom. The van der Waals surface area contributed by atoms with Crippen LogP contribution in [0.4, 0.5) is 0 Å². The summed E-state index contributed by atoms with van der Waals surface area (Å²) in [5.41, 5.74) is 0.764. The molecule has 4 aliphatic rings. The molecule has 3 unspecified atom stereocenters. The Morgan fingerprint density at radius 2 is 1.56 bits per heavy atom. The summed E-state index contributed by atoms with van der Waals surface area (Å²) < 4.78 is 6.02. The van der Waals surface area contributed by atoms with Gasteiger partial charge in [-0.05, 0) is 89.0 Å². The van der Waals surface area contributed by atoms with Crippen molar-refractivity contribution >= 4 is 35.4 Å². The molecular weight excluding hydrogens is 690 g/mol. The SMILES string of the molecule is CCC[C@H](NC(=O)[C@@H]1CC2CCCCC2N1C(=O)[C@@H](NC(=O)[C@@H](OC(=O)c1[nH]c(C)c(C)c1C(C)=O)C1CCCCC1)C(C)(C)C)C(O)C(=O)NC1CC1. The number of aromatic nitrogens is 1. The number of nitrogens with one attached hydrogen (secondary N) is 4. The number of fused-ring (bicyclic) bond motifs is 1. The molecule has 1 aromatic heterocycles. The summed E-state index contributed by atoms with van der Waals surface area (Å²) in [7, 11) is 0. The molecule has 13 nitrogen and oxygen atoms in total. The number of nitrogens with zero attached hydrogens (tertiary/aromatic N) is 1. The molecule has 13 heteroatoms. The van der Waals surface area contributed by atoms with Gasteiger partial charge in [0.15, 0.2) is 18.0 Å². The third kappa shape index (κ3) is 9.37. The van der Waals surface area contributed by atoms with Crippen molar-refractivity contribution < 1.29 is 38.6 Å². The average Bonchev–Trinajstić information content (AvgIpc) is 3.77. The van der Waals surface area contributed by atoms with Gasteiger partial charge < -0.3 is 35.7 Å². The van der Waals surface area contributed by atoms with Gasteiger partial charge >= 0.3 is 5.97 Å². The number of esters is 1. The van der Waals surface area contributed by atoms with Crippen molar-refractivity contribution in [1.29, 1.82) is 0 Å². The summed E-state index contributed by atoms with van der Waals surface area (Å²) in [6, 6.07) is -2.87. The second kappa shape index (κ2) is 17.4. The van der Waals surface area contributed by atoms with Crippen LogP contribution in [0.3, 0.4) is 0 Å². The van der Waals surface area contributed by atoms with Crippen molar-refractivity contribution in [3.05, 3.63) is 22.5 Å². The molecule has 1 aromatic rings. The number of carbonyl (C=O) groups is 6. The van der Waals surface area contributed by atoms with Crippen LogP contribution in [0.15, 0.2) is 0 Å². The number of hydrogen-bond donors (Lipinski definition) is 5. The lowest BCUT2D eigenvalue weighted by Gasteiger charge is -2.40. The first-order valence-electron chi connectivity index (χ1n) is 20.4. The topological polar surface area (TPSA) is 187 Å². The number of hydrogen-bond acceptors (Lipinski definition) is 8. The largest absolute Gasteiger partial charge is 0.447 e. The summed E-state index contributed by atoms with van der Waals surface area (Å²) in [5, 5.41) is 19.8. The van der Waals surface area contributed by atoms with E-state index in [9.17, 15) is 33.9 Å². The van der Waals surface area contributed by atoms with E-state index in [1.807, 2.05) is 27.7 Å². The molecule has 4 fully saturated rings. The van der Waals surface area contributed by atoms with Crippen molar-refractivity contribution in [3.63, 3.8) is 0 Å². The van der Waals surface area contributed by atoms with Crippen LogP contribution in [0.1, 0.15) is 157 Å². The fraction of sp³-hybridized carbons (Fsp3) is 0.756. The first-order valence-corrected chi connectivity index (χ1v) is 20.4. The standard InChI is InChI=1S/C41H63N5O8/c1-8-14-28(33(48)37(50)43-27-19-20-27)44-36(49)30-21-26-17-12-13-18-29(26)46(30)39(52)35(41(5,6)7)45-38(51)34(25-15-10-9-11-16-25)54-40(53)32-31(24(4)47)22(2)23(3)42-32/h25-30,33-35,42,48H,8-21H2,1-7H3,(H,43,50)(H,44,49)(H,45,51)/t26?,28-,29?,30-,33?,34-,35+/m0/s1. The van der Waals surface area contributed by atoms with Gasteiger partial charge in [-0.1, -0.05) is 66.2 Å². The van der Waals surface area contributed by atoms with Gasteiger partial charge in [-0.15, -0.1) is 0 Å². The third-order valence-electron chi connectivity index (χ3n) is 12.2. The molecule has 5 N–H and O–H groups in total. The van der Waals surface area contributed by atoms with Gasteiger partial charge in [0, 0.05) is 23.7 Å². The van der Waals surface area contributed by atoms with Crippen LogP contribution in [-0.4, -0.2) is 92.8 Å². The van der Waals surface area contributed by atoms with Gasteiger partial charge in [0.25, 0.3) is 11.8 Å².